The third-order valence-corrected chi connectivity index (χ3v) is 4.94. The van der Waals surface area contributed by atoms with Gasteiger partial charge in [-0.2, -0.15) is 27.8 Å². The summed E-state index contributed by atoms with van der Waals surface area (Å²) in [7, 11) is 0. The fraction of sp³-hybridized carbons (Fsp3) is 0.0800. The van der Waals surface area contributed by atoms with E-state index in [9.17, 15) is 17.6 Å². The minimum absolute atomic E-state index is 0.119. The number of alkyl halides is 3. The molecular formula is C25H16F4N4O2. The van der Waals surface area contributed by atoms with E-state index in [0.717, 1.165) is 0 Å². The number of benzene rings is 2. The molecule has 0 fully saturated rings. The SMILES string of the molecule is Fc1ccc(-c2nn3c(OCC(F)(F)F)cccc3c2-c2nccc(Oc3ccccc3)n2)cc1. The van der Waals surface area contributed by atoms with E-state index in [1.807, 2.05) is 18.2 Å². The molecule has 3 aromatic heterocycles. The number of pyridine rings is 1. The van der Waals surface area contributed by atoms with Crippen LogP contribution in [0.2, 0.25) is 0 Å². The second-order valence-electron chi connectivity index (χ2n) is 7.43. The fourth-order valence-corrected chi connectivity index (χ4v) is 3.47. The van der Waals surface area contributed by atoms with Gasteiger partial charge in [-0.15, -0.1) is 0 Å². The van der Waals surface area contributed by atoms with Crippen molar-refractivity contribution in [2.75, 3.05) is 6.61 Å². The lowest BCUT2D eigenvalue weighted by atomic mass is 10.1. The first-order chi connectivity index (χ1) is 16.9. The van der Waals surface area contributed by atoms with Crippen molar-refractivity contribution in [1.82, 2.24) is 19.6 Å². The Morgan fingerprint density at radius 2 is 1.63 bits per heavy atom. The molecule has 35 heavy (non-hydrogen) atoms. The molecule has 0 N–H and O–H groups in total. The Bertz CT molecular complexity index is 1470. The zero-order valence-corrected chi connectivity index (χ0v) is 17.9. The number of aromatic nitrogens is 4. The van der Waals surface area contributed by atoms with Gasteiger partial charge in [-0.1, -0.05) is 24.3 Å². The molecule has 6 nitrogen and oxygen atoms in total. The molecule has 0 saturated heterocycles. The summed E-state index contributed by atoms with van der Waals surface area (Å²) in [5.74, 6) is 0.489. The number of nitrogens with zero attached hydrogens (tertiary/aromatic N) is 4. The lowest BCUT2D eigenvalue weighted by Crippen LogP contribution is -2.20. The van der Waals surface area contributed by atoms with Gasteiger partial charge in [0.15, 0.2) is 12.4 Å². The first-order valence-corrected chi connectivity index (χ1v) is 10.4. The van der Waals surface area contributed by atoms with E-state index in [-0.39, 0.29) is 17.6 Å². The van der Waals surface area contributed by atoms with E-state index in [2.05, 4.69) is 15.1 Å². The summed E-state index contributed by atoms with van der Waals surface area (Å²) in [6.07, 6.45) is -3.02. The summed E-state index contributed by atoms with van der Waals surface area (Å²) in [4.78, 5) is 8.85. The van der Waals surface area contributed by atoms with Gasteiger partial charge in [0.25, 0.3) is 0 Å². The van der Waals surface area contributed by atoms with Crippen molar-refractivity contribution in [3.05, 3.63) is 90.9 Å². The topological polar surface area (TPSA) is 61.5 Å². The van der Waals surface area contributed by atoms with Crippen LogP contribution in [0.4, 0.5) is 17.6 Å². The van der Waals surface area contributed by atoms with Crippen LogP contribution in [0.15, 0.2) is 85.1 Å². The van der Waals surface area contributed by atoms with E-state index < -0.39 is 18.6 Å². The second kappa shape index (κ2) is 9.05. The summed E-state index contributed by atoms with van der Waals surface area (Å²) in [5.41, 5.74) is 1.68. The van der Waals surface area contributed by atoms with Gasteiger partial charge in [-0.05, 0) is 42.5 Å². The van der Waals surface area contributed by atoms with E-state index >= 15 is 0 Å². The lowest BCUT2D eigenvalue weighted by Gasteiger charge is -2.10. The largest absolute Gasteiger partial charge is 0.468 e. The van der Waals surface area contributed by atoms with Gasteiger partial charge in [-0.3, -0.25) is 0 Å². The number of ether oxygens (including phenoxy) is 2. The van der Waals surface area contributed by atoms with Crippen LogP contribution in [-0.2, 0) is 0 Å². The Hall–Kier alpha value is -4.47. The Morgan fingerprint density at radius 3 is 2.37 bits per heavy atom. The molecule has 0 aliphatic rings. The molecule has 0 aliphatic heterocycles. The predicted octanol–water partition coefficient (Wildman–Crippen LogP) is 6.33. The molecule has 0 amide bonds. The van der Waals surface area contributed by atoms with Crippen LogP contribution in [0.3, 0.4) is 0 Å². The van der Waals surface area contributed by atoms with E-state index in [1.165, 1.54) is 41.0 Å². The molecule has 10 heteroatoms. The van der Waals surface area contributed by atoms with Gasteiger partial charge in [0.05, 0.1) is 11.1 Å². The smallest absolute Gasteiger partial charge is 0.422 e. The maximum absolute atomic E-state index is 13.6. The molecule has 0 aliphatic carbocycles. The van der Waals surface area contributed by atoms with Gasteiger partial charge >= 0.3 is 6.18 Å². The van der Waals surface area contributed by atoms with E-state index in [1.54, 1.807) is 30.3 Å². The first kappa shape index (κ1) is 22.3. The summed E-state index contributed by atoms with van der Waals surface area (Å²) in [6, 6.07) is 20.7. The van der Waals surface area contributed by atoms with Crippen LogP contribution >= 0.6 is 0 Å². The summed E-state index contributed by atoms with van der Waals surface area (Å²) < 4.78 is 64.0. The van der Waals surface area contributed by atoms with Crippen molar-refractivity contribution >= 4 is 5.52 Å². The summed E-state index contributed by atoms with van der Waals surface area (Å²) >= 11 is 0. The number of halogens is 4. The van der Waals surface area contributed by atoms with E-state index in [4.69, 9.17) is 9.47 Å². The highest BCUT2D eigenvalue weighted by atomic mass is 19.4. The number of para-hydroxylation sites is 1. The van der Waals surface area contributed by atoms with Gasteiger partial charge in [0.2, 0.25) is 11.8 Å². The minimum Gasteiger partial charge on any atom is -0.468 e. The molecule has 0 unspecified atom stereocenters. The molecule has 2 aromatic carbocycles. The van der Waals surface area contributed by atoms with Crippen LogP contribution in [-0.4, -0.2) is 32.4 Å². The highest BCUT2D eigenvalue weighted by Crippen LogP contribution is 2.36. The first-order valence-electron chi connectivity index (χ1n) is 10.4. The average molecular weight is 480 g/mol. The van der Waals surface area contributed by atoms with Crippen LogP contribution in [0.25, 0.3) is 28.2 Å². The normalized spacial score (nSPS) is 11.5. The quantitative estimate of drug-likeness (QED) is 0.266. The molecule has 0 spiro atoms. The molecule has 3 heterocycles. The number of fused-ring (bicyclic) bond motifs is 1. The molecule has 0 saturated carbocycles. The monoisotopic (exact) mass is 480 g/mol. The minimum atomic E-state index is -4.52. The summed E-state index contributed by atoms with van der Waals surface area (Å²) in [6.45, 7) is -1.48. The van der Waals surface area contributed by atoms with Crippen molar-refractivity contribution in [3.63, 3.8) is 0 Å². The number of hydrogen-bond donors (Lipinski definition) is 0. The molecule has 0 radical (unpaired) electrons. The second-order valence-corrected chi connectivity index (χ2v) is 7.43. The molecular weight excluding hydrogens is 464 g/mol. The molecule has 5 rings (SSSR count). The number of hydrogen-bond acceptors (Lipinski definition) is 5. The van der Waals surface area contributed by atoms with Crippen molar-refractivity contribution < 1.29 is 27.0 Å². The van der Waals surface area contributed by atoms with Crippen LogP contribution in [0.5, 0.6) is 17.5 Å². The van der Waals surface area contributed by atoms with Crippen molar-refractivity contribution in [2.24, 2.45) is 0 Å². The van der Waals surface area contributed by atoms with Gasteiger partial charge < -0.3 is 9.47 Å². The average Bonchev–Trinajstić information content (AvgIpc) is 3.24. The third-order valence-electron chi connectivity index (χ3n) is 4.94. The van der Waals surface area contributed by atoms with Crippen molar-refractivity contribution in [2.45, 2.75) is 6.18 Å². The Labute approximate surface area is 196 Å². The lowest BCUT2D eigenvalue weighted by molar-refractivity contribution is -0.154. The molecule has 176 valence electrons. The predicted molar refractivity (Wildman–Crippen MR) is 120 cm³/mol. The van der Waals surface area contributed by atoms with Gasteiger partial charge in [-0.25, -0.2) is 9.37 Å². The maximum Gasteiger partial charge on any atom is 0.422 e. The summed E-state index contributed by atoms with van der Waals surface area (Å²) in [5, 5.41) is 4.48. The Balaban J connectivity index is 1.65. The maximum atomic E-state index is 13.6. The highest BCUT2D eigenvalue weighted by Gasteiger charge is 2.29. The molecule has 5 aromatic rings. The van der Waals surface area contributed by atoms with Crippen LogP contribution < -0.4 is 9.47 Å². The molecule has 0 bridgehead atoms. The van der Waals surface area contributed by atoms with Crippen molar-refractivity contribution in [3.8, 4) is 40.2 Å². The standard InChI is InChI=1S/C25H16F4N4O2/c26-17-11-9-16(10-12-17)23-22(19-7-4-8-21(33(19)32-23)34-15-25(27,28)29)24-30-14-13-20(31-24)35-18-5-2-1-3-6-18/h1-14H,15H2. The Morgan fingerprint density at radius 1 is 0.857 bits per heavy atom. The number of rotatable bonds is 6. The molecule has 0 atom stereocenters. The Kier molecular flexibility index (Phi) is 5.77. The van der Waals surface area contributed by atoms with E-state index in [0.29, 0.717) is 28.1 Å². The van der Waals surface area contributed by atoms with Crippen LogP contribution in [0, 0.1) is 5.82 Å². The van der Waals surface area contributed by atoms with Crippen molar-refractivity contribution in [1.29, 1.82) is 0 Å². The van der Waals surface area contributed by atoms with Gasteiger partial charge in [0.1, 0.15) is 17.3 Å². The highest BCUT2D eigenvalue weighted by molar-refractivity contribution is 5.90. The zero-order valence-electron chi connectivity index (χ0n) is 17.9. The van der Waals surface area contributed by atoms with Crippen LogP contribution in [0.1, 0.15) is 0 Å². The van der Waals surface area contributed by atoms with Gasteiger partial charge in [0, 0.05) is 23.9 Å². The third kappa shape index (κ3) is 4.91. The zero-order chi connectivity index (χ0) is 24.4. The fourth-order valence-electron chi connectivity index (χ4n) is 3.47.